The third-order valence-electron chi connectivity index (χ3n) is 4.71. The molecule has 3 rings (SSSR count). The Morgan fingerprint density at radius 3 is 1.71 bits per heavy atom. The first-order valence-electron chi connectivity index (χ1n) is 8.47. The van der Waals surface area contributed by atoms with Crippen molar-refractivity contribution in [3.63, 3.8) is 0 Å². The van der Waals surface area contributed by atoms with Crippen molar-refractivity contribution in [1.29, 1.82) is 0 Å². The van der Waals surface area contributed by atoms with Gasteiger partial charge in [0.15, 0.2) is 5.16 Å². The van der Waals surface area contributed by atoms with Crippen molar-refractivity contribution in [3.05, 3.63) is 89.5 Å². The van der Waals surface area contributed by atoms with Crippen LogP contribution in [0.2, 0.25) is 0 Å². The maximum atomic E-state index is 13.1. The first-order valence-corrected chi connectivity index (χ1v) is 10.1. The van der Waals surface area contributed by atoms with Crippen LogP contribution in [-0.4, -0.2) is 29.1 Å². The first kappa shape index (κ1) is 20.0. The molecule has 0 atom stereocenters. The van der Waals surface area contributed by atoms with Crippen molar-refractivity contribution in [2.45, 2.75) is 5.16 Å². The van der Waals surface area contributed by atoms with Crippen molar-refractivity contribution in [3.8, 4) is 17.2 Å². The highest BCUT2D eigenvalue weighted by Crippen LogP contribution is 2.66. The van der Waals surface area contributed by atoms with E-state index in [9.17, 15) is 19.5 Å². The molecule has 0 saturated heterocycles. The zero-order valence-corrected chi connectivity index (χ0v) is 16.3. The van der Waals surface area contributed by atoms with Gasteiger partial charge in [-0.05, 0) is 41.5 Å². The fourth-order valence-corrected chi connectivity index (χ4v) is 4.90. The maximum absolute atomic E-state index is 13.1. The van der Waals surface area contributed by atoms with Gasteiger partial charge in [-0.1, -0.05) is 42.5 Å². The predicted molar refractivity (Wildman–Crippen MR) is 106 cm³/mol. The molecule has 0 aliphatic rings. The normalized spacial score (nSPS) is 11.9. The number of phenols is 1. The second kappa shape index (κ2) is 7.68. The van der Waals surface area contributed by atoms with Gasteiger partial charge in [-0.25, -0.2) is 0 Å². The molecule has 0 aromatic heterocycles. The van der Waals surface area contributed by atoms with E-state index >= 15 is 0 Å². The summed E-state index contributed by atoms with van der Waals surface area (Å²) >= 11 is 0. The third kappa shape index (κ3) is 3.27. The molecule has 0 aliphatic heterocycles. The molecule has 146 valence electrons. The number of methoxy groups -OCH3 is 2. The summed E-state index contributed by atoms with van der Waals surface area (Å²) in [5, 5.41) is 8.62. The maximum Gasteiger partial charge on any atom is 0.344 e. The predicted octanol–water partition coefficient (Wildman–Crippen LogP) is 3.88. The number of para-hydroxylation sites is 1. The van der Waals surface area contributed by atoms with E-state index in [2.05, 4.69) is 0 Å². The summed E-state index contributed by atoms with van der Waals surface area (Å²) in [4.78, 5) is 21.3. The number of phenolic OH excluding ortho intramolecular Hbond substituents is 1. The number of rotatable bonds is 6. The minimum atomic E-state index is -4.93. The molecular formula is C21H21O6P. The number of benzene rings is 3. The highest BCUT2D eigenvalue weighted by Gasteiger charge is 2.53. The second-order valence-corrected chi connectivity index (χ2v) is 7.99. The lowest BCUT2D eigenvalue weighted by atomic mass is 9.83. The van der Waals surface area contributed by atoms with Crippen LogP contribution in [0.5, 0.6) is 17.2 Å². The largest absolute Gasteiger partial charge is 0.508 e. The zero-order valence-electron chi connectivity index (χ0n) is 15.4. The van der Waals surface area contributed by atoms with Crippen LogP contribution in [0, 0.1) is 0 Å². The van der Waals surface area contributed by atoms with Gasteiger partial charge in [-0.2, -0.15) is 0 Å². The molecule has 0 saturated carbocycles. The quantitative estimate of drug-likeness (QED) is 0.429. The van der Waals surface area contributed by atoms with Crippen LogP contribution in [0.1, 0.15) is 16.7 Å². The first-order chi connectivity index (χ1) is 13.3. The molecule has 3 aromatic rings. The highest BCUT2D eigenvalue weighted by molar-refractivity contribution is 7.53. The van der Waals surface area contributed by atoms with Gasteiger partial charge in [0.25, 0.3) is 0 Å². The van der Waals surface area contributed by atoms with Gasteiger partial charge in [0.2, 0.25) is 0 Å². The molecule has 0 unspecified atom stereocenters. The molecule has 0 spiro atoms. The van der Waals surface area contributed by atoms with E-state index < -0.39 is 12.8 Å². The van der Waals surface area contributed by atoms with Crippen LogP contribution < -0.4 is 9.47 Å². The summed E-state index contributed by atoms with van der Waals surface area (Å²) < 4.78 is 23.6. The Hall–Kier alpha value is -2.79. The van der Waals surface area contributed by atoms with E-state index in [1.165, 1.54) is 26.4 Å². The molecule has 0 bridgehead atoms. The standard InChI is InChI=1S/C21H21O6P/c1-26-17-9-5-7-15(13-17)21(28(23,24)25,19-11-3-4-12-20(19)22)16-8-6-10-18(14-16)27-2/h3-14,22H,1-2H3,(H2,23,24,25). The Morgan fingerprint density at radius 2 is 1.29 bits per heavy atom. The lowest BCUT2D eigenvalue weighted by Crippen LogP contribution is -2.29. The van der Waals surface area contributed by atoms with E-state index in [0.29, 0.717) is 11.5 Å². The molecule has 3 aromatic carbocycles. The summed E-state index contributed by atoms with van der Waals surface area (Å²) in [5.74, 6) is 0.652. The summed E-state index contributed by atoms with van der Waals surface area (Å²) in [6.07, 6.45) is 0. The van der Waals surface area contributed by atoms with Gasteiger partial charge < -0.3 is 24.4 Å². The Kier molecular flexibility index (Phi) is 5.47. The third-order valence-corrected chi connectivity index (χ3v) is 6.34. The average Bonchev–Trinajstić information content (AvgIpc) is 2.69. The van der Waals surface area contributed by atoms with E-state index in [1.807, 2.05) is 0 Å². The lowest BCUT2D eigenvalue weighted by molar-refractivity contribution is 0.345. The van der Waals surface area contributed by atoms with E-state index in [4.69, 9.17) is 9.47 Å². The Bertz CT molecular complexity index is 979. The highest BCUT2D eigenvalue weighted by atomic mass is 31.2. The van der Waals surface area contributed by atoms with Crippen molar-refractivity contribution in [2.24, 2.45) is 0 Å². The minimum Gasteiger partial charge on any atom is -0.508 e. The van der Waals surface area contributed by atoms with Crippen molar-refractivity contribution >= 4 is 7.60 Å². The Balaban J connectivity index is 2.49. The molecular weight excluding hydrogens is 379 g/mol. The summed E-state index contributed by atoms with van der Waals surface area (Å²) in [7, 11) is -1.98. The fraction of sp³-hybridized carbons (Fsp3) is 0.143. The molecule has 3 N–H and O–H groups in total. The zero-order chi connectivity index (χ0) is 20.4. The van der Waals surface area contributed by atoms with Crippen molar-refractivity contribution in [1.82, 2.24) is 0 Å². The molecule has 7 heteroatoms. The van der Waals surface area contributed by atoms with Gasteiger partial charge in [-0.3, -0.25) is 4.57 Å². The minimum absolute atomic E-state index is 0.0878. The van der Waals surface area contributed by atoms with E-state index in [-0.39, 0.29) is 22.4 Å². The molecule has 6 nitrogen and oxygen atoms in total. The fourth-order valence-electron chi connectivity index (χ4n) is 3.45. The molecule has 28 heavy (non-hydrogen) atoms. The smallest absolute Gasteiger partial charge is 0.344 e. The van der Waals surface area contributed by atoms with Crippen LogP contribution in [0.15, 0.2) is 72.8 Å². The SMILES string of the molecule is COc1cccc(C(c2cccc(OC)c2)(c2ccccc2O)P(=O)(O)O)c1. The molecule has 0 radical (unpaired) electrons. The number of aromatic hydroxyl groups is 1. The Labute approximate surface area is 163 Å². The molecule has 0 amide bonds. The molecule has 0 fully saturated rings. The summed E-state index contributed by atoms with van der Waals surface area (Å²) in [6, 6.07) is 19.1. The number of ether oxygens (including phenoxy) is 2. The van der Waals surface area contributed by atoms with Gasteiger partial charge in [0.05, 0.1) is 14.2 Å². The topological polar surface area (TPSA) is 96.2 Å². The van der Waals surface area contributed by atoms with E-state index in [0.717, 1.165) is 0 Å². The number of hydrogen-bond acceptors (Lipinski definition) is 4. The Morgan fingerprint density at radius 1 is 0.786 bits per heavy atom. The van der Waals surface area contributed by atoms with Crippen LogP contribution >= 0.6 is 7.60 Å². The van der Waals surface area contributed by atoms with Crippen molar-refractivity contribution < 1.29 is 28.9 Å². The van der Waals surface area contributed by atoms with Crippen LogP contribution in [0.3, 0.4) is 0 Å². The molecule has 0 heterocycles. The second-order valence-electron chi connectivity index (χ2n) is 6.24. The summed E-state index contributed by atoms with van der Waals surface area (Å²) in [5.41, 5.74) is 0.662. The van der Waals surface area contributed by atoms with Gasteiger partial charge >= 0.3 is 7.60 Å². The monoisotopic (exact) mass is 400 g/mol. The molecule has 0 aliphatic carbocycles. The average molecular weight is 400 g/mol. The van der Waals surface area contributed by atoms with Crippen LogP contribution in [-0.2, 0) is 9.72 Å². The van der Waals surface area contributed by atoms with Crippen LogP contribution in [0.25, 0.3) is 0 Å². The van der Waals surface area contributed by atoms with Gasteiger partial charge in [0.1, 0.15) is 17.2 Å². The lowest BCUT2D eigenvalue weighted by Gasteiger charge is -2.36. The van der Waals surface area contributed by atoms with E-state index in [1.54, 1.807) is 60.7 Å². The van der Waals surface area contributed by atoms with Gasteiger partial charge in [-0.15, -0.1) is 0 Å². The van der Waals surface area contributed by atoms with Gasteiger partial charge in [0, 0.05) is 5.56 Å². The summed E-state index contributed by atoms with van der Waals surface area (Å²) in [6.45, 7) is 0. The van der Waals surface area contributed by atoms with Crippen molar-refractivity contribution in [2.75, 3.05) is 14.2 Å². The number of hydrogen-bond donors (Lipinski definition) is 3. The van der Waals surface area contributed by atoms with Crippen LogP contribution in [0.4, 0.5) is 0 Å².